The first-order valence-electron chi connectivity index (χ1n) is 8.77. The third-order valence-electron chi connectivity index (χ3n) is 4.59. The van der Waals surface area contributed by atoms with Gasteiger partial charge in [0.15, 0.2) is 17.4 Å². The fraction of sp³-hybridized carbons (Fsp3) is 0.278. The van der Waals surface area contributed by atoms with Crippen molar-refractivity contribution in [3.63, 3.8) is 0 Å². The maximum atomic E-state index is 13.1. The van der Waals surface area contributed by atoms with Crippen molar-refractivity contribution >= 4 is 28.4 Å². The Labute approximate surface area is 168 Å². The van der Waals surface area contributed by atoms with Crippen LogP contribution >= 0.6 is 11.3 Å². The van der Waals surface area contributed by atoms with E-state index in [9.17, 15) is 20.1 Å². The second-order valence-corrected chi connectivity index (χ2v) is 7.31. The van der Waals surface area contributed by atoms with Crippen LogP contribution in [-0.2, 0) is 4.74 Å². The van der Waals surface area contributed by atoms with E-state index >= 15 is 0 Å². The highest BCUT2D eigenvalue weighted by atomic mass is 32.1. The Morgan fingerprint density at radius 2 is 1.93 bits per heavy atom. The van der Waals surface area contributed by atoms with Gasteiger partial charge in [0.25, 0.3) is 5.56 Å². The number of anilines is 1. The lowest BCUT2D eigenvalue weighted by Gasteiger charge is -2.17. The molecule has 4 rings (SSSR count). The monoisotopic (exact) mass is 417 g/mol. The Morgan fingerprint density at radius 1 is 1.17 bits per heavy atom. The average Bonchev–Trinajstić information content (AvgIpc) is 3.27. The number of nitrogens with zero attached hydrogens (tertiary/aromatic N) is 4. The number of nitrogen functional groups attached to an aromatic ring is 1. The third kappa shape index (κ3) is 3.39. The van der Waals surface area contributed by atoms with Crippen molar-refractivity contribution in [3.8, 4) is 5.00 Å². The number of rotatable bonds is 3. The van der Waals surface area contributed by atoms with Gasteiger partial charge in [0.05, 0.1) is 12.9 Å². The molecule has 1 saturated heterocycles. The van der Waals surface area contributed by atoms with Crippen molar-refractivity contribution in [1.29, 1.82) is 0 Å². The predicted molar refractivity (Wildman–Crippen MR) is 106 cm³/mol. The zero-order valence-corrected chi connectivity index (χ0v) is 15.9. The van der Waals surface area contributed by atoms with Crippen molar-refractivity contribution in [3.05, 3.63) is 58.5 Å². The summed E-state index contributed by atoms with van der Waals surface area (Å²) >= 11 is 1.30. The SMILES string of the molecule is Nc1nc2c(ncn2[C@@H]2O[C@H](CO)[C@@H](O)[C@H]2O)c(=O)n1-c1cccccccs1. The minimum absolute atomic E-state index is 0.0318. The van der Waals surface area contributed by atoms with E-state index in [1.165, 1.54) is 26.8 Å². The Hall–Kier alpha value is -2.83. The van der Waals surface area contributed by atoms with Crippen LogP contribution in [0.3, 0.4) is 0 Å². The lowest BCUT2D eigenvalue weighted by atomic mass is 10.1. The van der Waals surface area contributed by atoms with Gasteiger partial charge in [-0.05, 0) is 11.4 Å². The number of aliphatic hydroxyl groups is 3. The summed E-state index contributed by atoms with van der Waals surface area (Å²) in [6, 6.07) is 10.9. The van der Waals surface area contributed by atoms with Crippen molar-refractivity contribution in [2.75, 3.05) is 12.3 Å². The van der Waals surface area contributed by atoms with E-state index in [0.29, 0.717) is 5.00 Å². The van der Waals surface area contributed by atoms with Gasteiger partial charge >= 0.3 is 0 Å². The predicted octanol–water partition coefficient (Wildman–Crippen LogP) is -0.0382. The normalized spacial score (nSPS) is 24.0. The van der Waals surface area contributed by atoms with E-state index in [1.54, 1.807) is 12.1 Å². The molecule has 0 aromatic carbocycles. The van der Waals surface area contributed by atoms with Crippen molar-refractivity contribution in [1.82, 2.24) is 19.1 Å². The molecule has 0 radical (unpaired) electrons. The molecule has 0 spiro atoms. The van der Waals surface area contributed by atoms with Crippen LogP contribution in [0.1, 0.15) is 6.23 Å². The smallest absolute Gasteiger partial charge is 0.288 e. The molecule has 29 heavy (non-hydrogen) atoms. The first kappa shape index (κ1) is 19.5. The van der Waals surface area contributed by atoms with Crippen LogP contribution in [0.2, 0.25) is 0 Å². The van der Waals surface area contributed by atoms with Gasteiger partial charge in [-0.25, -0.2) is 9.55 Å². The zero-order valence-electron chi connectivity index (χ0n) is 15.1. The topological polar surface area (TPSA) is 149 Å². The quantitative estimate of drug-likeness (QED) is 0.464. The summed E-state index contributed by atoms with van der Waals surface area (Å²) < 4.78 is 8.08. The molecule has 0 unspecified atom stereocenters. The summed E-state index contributed by atoms with van der Waals surface area (Å²) in [7, 11) is 0. The summed E-state index contributed by atoms with van der Waals surface area (Å²) in [6.45, 7) is -0.467. The molecule has 5 N–H and O–H groups in total. The Bertz CT molecular complexity index is 1120. The standard InChI is InChI=1S/C18H19N5O5S/c19-18-21-15-12(16(27)23(18)11-6-4-2-1-3-5-7-29-11)20-9-22(15)17-14(26)13(25)10(8-24)28-17/h1-7,9-10,13-14,17,24-26H,8H2,(H2,19,21)/t10-,13-,14-,17-/m1/s1. The molecule has 0 saturated carbocycles. The molecule has 1 aliphatic heterocycles. The van der Waals surface area contributed by atoms with Crippen molar-refractivity contribution < 1.29 is 20.1 Å². The van der Waals surface area contributed by atoms with E-state index in [-0.39, 0.29) is 17.1 Å². The first-order chi connectivity index (χ1) is 14.0. The minimum Gasteiger partial charge on any atom is -0.394 e. The van der Waals surface area contributed by atoms with Crippen LogP contribution in [0.25, 0.3) is 16.2 Å². The van der Waals surface area contributed by atoms with Crippen LogP contribution in [0.4, 0.5) is 5.95 Å². The van der Waals surface area contributed by atoms with Crippen LogP contribution in [-0.4, -0.2) is 59.3 Å². The van der Waals surface area contributed by atoms with Crippen LogP contribution in [0.15, 0.2) is 52.9 Å². The molecule has 3 aromatic heterocycles. The molecular weight excluding hydrogens is 398 g/mol. The van der Waals surface area contributed by atoms with E-state index < -0.39 is 36.7 Å². The van der Waals surface area contributed by atoms with Crippen LogP contribution < -0.4 is 11.3 Å². The van der Waals surface area contributed by atoms with Gasteiger partial charge in [-0.2, -0.15) is 4.98 Å². The molecule has 0 amide bonds. The molecule has 3 aromatic rings. The van der Waals surface area contributed by atoms with Crippen LogP contribution in [0.5, 0.6) is 0 Å². The molecule has 4 heterocycles. The molecular formula is C18H19N5O5S. The largest absolute Gasteiger partial charge is 0.394 e. The highest BCUT2D eigenvalue weighted by Crippen LogP contribution is 2.31. The molecule has 0 aliphatic carbocycles. The number of hydrogen-bond acceptors (Lipinski definition) is 9. The number of ether oxygens (including phenoxy) is 1. The molecule has 10 nitrogen and oxygen atoms in total. The van der Waals surface area contributed by atoms with Gasteiger partial charge in [-0.15, -0.1) is 11.3 Å². The average molecular weight is 417 g/mol. The van der Waals surface area contributed by atoms with Gasteiger partial charge in [0.1, 0.15) is 23.3 Å². The summed E-state index contributed by atoms with van der Waals surface area (Å²) in [5, 5.41) is 31.9. The Balaban J connectivity index is 1.86. The van der Waals surface area contributed by atoms with Crippen LogP contribution in [0, 0.1) is 0 Å². The first-order valence-corrected chi connectivity index (χ1v) is 9.65. The van der Waals surface area contributed by atoms with E-state index in [4.69, 9.17) is 10.5 Å². The Kier molecular flexibility index (Phi) is 5.30. The fourth-order valence-electron chi connectivity index (χ4n) is 3.14. The molecule has 4 atom stereocenters. The highest BCUT2D eigenvalue weighted by Gasteiger charge is 2.44. The van der Waals surface area contributed by atoms with Crippen molar-refractivity contribution in [2.24, 2.45) is 0 Å². The van der Waals surface area contributed by atoms with E-state index in [2.05, 4.69) is 9.97 Å². The summed E-state index contributed by atoms with van der Waals surface area (Å²) in [5.74, 6) is -0.0660. The summed E-state index contributed by atoms with van der Waals surface area (Å²) in [4.78, 5) is 21.5. The number of hydrogen-bond donors (Lipinski definition) is 4. The second kappa shape index (κ2) is 7.89. The van der Waals surface area contributed by atoms with E-state index in [1.807, 2.05) is 29.6 Å². The molecule has 1 fully saturated rings. The summed E-state index contributed by atoms with van der Waals surface area (Å²) in [5.41, 5.74) is 5.75. The summed E-state index contributed by atoms with van der Waals surface area (Å²) in [6.07, 6.45) is -3.35. The maximum Gasteiger partial charge on any atom is 0.288 e. The number of imidazole rings is 1. The lowest BCUT2D eigenvalue weighted by molar-refractivity contribution is -0.0511. The van der Waals surface area contributed by atoms with Gasteiger partial charge < -0.3 is 25.8 Å². The number of aliphatic hydroxyl groups excluding tert-OH is 3. The Morgan fingerprint density at radius 3 is 2.69 bits per heavy atom. The van der Waals surface area contributed by atoms with Crippen molar-refractivity contribution in [2.45, 2.75) is 24.5 Å². The minimum atomic E-state index is -1.33. The number of nitrogens with two attached hydrogens (primary N) is 1. The van der Waals surface area contributed by atoms with Gasteiger partial charge in [-0.1, -0.05) is 30.3 Å². The zero-order chi connectivity index (χ0) is 20.5. The van der Waals surface area contributed by atoms with Gasteiger partial charge in [0.2, 0.25) is 5.95 Å². The second-order valence-electron chi connectivity index (χ2n) is 6.38. The highest BCUT2D eigenvalue weighted by molar-refractivity contribution is 7.12. The maximum absolute atomic E-state index is 13.1. The van der Waals surface area contributed by atoms with E-state index in [0.717, 1.165) is 0 Å². The lowest BCUT2D eigenvalue weighted by Crippen LogP contribution is -2.33. The third-order valence-corrected chi connectivity index (χ3v) is 5.44. The van der Waals surface area contributed by atoms with Gasteiger partial charge in [0, 0.05) is 0 Å². The molecule has 11 heteroatoms. The number of fused-ring (bicyclic) bond motifs is 1. The molecule has 1 aliphatic rings. The van der Waals surface area contributed by atoms with Gasteiger partial charge in [-0.3, -0.25) is 9.36 Å². The number of aromatic nitrogens is 4. The fourth-order valence-corrected chi connectivity index (χ4v) is 3.89. The molecule has 0 bridgehead atoms. The molecule has 152 valence electrons.